The average molecular weight is 469 g/mol. The second-order valence-electron chi connectivity index (χ2n) is 6.24. The summed E-state index contributed by atoms with van der Waals surface area (Å²) in [7, 11) is 0. The van der Waals surface area contributed by atoms with Crippen molar-refractivity contribution in [2.24, 2.45) is 4.99 Å². The molecule has 1 aromatic carbocycles. The van der Waals surface area contributed by atoms with Crippen molar-refractivity contribution in [1.82, 2.24) is 10.6 Å². The summed E-state index contributed by atoms with van der Waals surface area (Å²) in [4.78, 5) is 4.69. The van der Waals surface area contributed by atoms with Crippen molar-refractivity contribution < 1.29 is 9.15 Å². The number of benzene rings is 1. The number of ether oxygens (including phenoxy) is 1. The van der Waals surface area contributed by atoms with Gasteiger partial charge in [0.2, 0.25) is 0 Å². The highest BCUT2D eigenvalue weighted by molar-refractivity contribution is 14.0. The SMILES string of the molecule is I.c1ccc(CCNC(=NCC2CCCO2)NCCc2ccco2)cc1. The fraction of sp³-hybridized carbons (Fsp3) is 0.450. The molecule has 1 unspecified atom stereocenters. The Morgan fingerprint density at radius 2 is 1.85 bits per heavy atom. The first kappa shape index (κ1) is 20.8. The maximum Gasteiger partial charge on any atom is 0.191 e. The second kappa shape index (κ2) is 12.0. The first-order valence-corrected chi connectivity index (χ1v) is 9.10. The predicted molar refractivity (Wildman–Crippen MR) is 115 cm³/mol. The molecule has 0 amide bonds. The highest BCUT2D eigenvalue weighted by Crippen LogP contribution is 2.11. The normalized spacial score (nSPS) is 16.9. The minimum absolute atomic E-state index is 0. The van der Waals surface area contributed by atoms with Crippen LogP contribution < -0.4 is 10.6 Å². The van der Waals surface area contributed by atoms with Crippen molar-refractivity contribution in [2.75, 3.05) is 26.2 Å². The molecule has 6 heteroatoms. The van der Waals surface area contributed by atoms with E-state index < -0.39 is 0 Å². The number of furan rings is 1. The minimum atomic E-state index is 0. The van der Waals surface area contributed by atoms with E-state index in [1.165, 1.54) is 5.56 Å². The fourth-order valence-corrected chi connectivity index (χ4v) is 2.88. The topological polar surface area (TPSA) is 58.8 Å². The summed E-state index contributed by atoms with van der Waals surface area (Å²) >= 11 is 0. The molecule has 0 spiro atoms. The molecule has 1 aromatic heterocycles. The minimum Gasteiger partial charge on any atom is -0.469 e. The number of hydrogen-bond acceptors (Lipinski definition) is 3. The van der Waals surface area contributed by atoms with Crippen LogP contribution in [0.5, 0.6) is 0 Å². The van der Waals surface area contributed by atoms with Crippen molar-refractivity contribution in [3.05, 3.63) is 60.1 Å². The third-order valence-corrected chi connectivity index (χ3v) is 4.27. The molecule has 1 fully saturated rings. The highest BCUT2D eigenvalue weighted by atomic mass is 127. The van der Waals surface area contributed by atoms with Gasteiger partial charge in [0.1, 0.15) is 5.76 Å². The summed E-state index contributed by atoms with van der Waals surface area (Å²) in [5.41, 5.74) is 1.32. The third kappa shape index (κ3) is 7.37. The number of hydrogen-bond donors (Lipinski definition) is 2. The van der Waals surface area contributed by atoms with E-state index in [0.29, 0.717) is 6.54 Å². The van der Waals surface area contributed by atoms with Gasteiger partial charge in [0.15, 0.2) is 5.96 Å². The van der Waals surface area contributed by atoms with Gasteiger partial charge in [0.05, 0.1) is 18.9 Å². The first-order valence-electron chi connectivity index (χ1n) is 9.10. The standard InChI is InChI=1S/C20H27N3O2.HI/c1-2-6-17(7-3-1)10-12-21-20(23-16-19-9-5-15-25-19)22-13-11-18-8-4-14-24-18;/h1-4,6-8,14,19H,5,9-13,15-16H2,(H2,21,22,23);1H. The van der Waals surface area contributed by atoms with Crippen LogP contribution in [0.3, 0.4) is 0 Å². The summed E-state index contributed by atoms with van der Waals surface area (Å²) in [6.45, 7) is 3.21. The molecule has 3 rings (SSSR count). The van der Waals surface area contributed by atoms with Crippen molar-refractivity contribution >= 4 is 29.9 Å². The van der Waals surface area contributed by atoms with E-state index in [4.69, 9.17) is 14.1 Å². The smallest absolute Gasteiger partial charge is 0.191 e. The molecule has 2 N–H and O–H groups in total. The first-order chi connectivity index (χ1) is 12.4. The van der Waals surface area contributed by atoms with Crippen molar-refractivity contribution in [3.8, 4) is 0 Å². The lowest BCUT2D eigenvalue weighted by Gasteiger charge is -2.14. The number of guanidine groups is 1. The Morgan fingerprint density at radius 1 is 1.04 bits per heavy atom. The Bertz CT molecular complexity index is 626. The van der Waals surface area contributed by atoms with Crippen molar-refractivity contribution in [3.63, 3.8) is 0 Å². The van der Waals surface area contributed by atoms with E-state index in [1.54, 1.807) is 6.26 Å². The monoisotopic (exact) mass is 469 g/mol. The fourth-order valence-electron chi connectivity index (χ4n) is 2.88. The van der Waals surface area contributed by atoms with Gasteiger partial charge in [-0.25, -0.2) is 0 Å². The number of halogens is 1. The van der Waals surface area contributed by atoms with Crippen molar-refractivity contribution in [2.45, 2.75) is 31.8 Å². The average Bonchev–Trinajstić information content (AvgIpc) is 3.34. The van der Waals surface area contributed by atoms with E-state index >= 15 is 0 Å². The molecule has 142 valence electrons. The van der Waals surface area contributed by atoms with Crippen LogP contribution >= 0.6 is 24.0 Å². The van der Waals surface area contributed by atoms with Gasteiger partial charge in [-0.1, -0.05) is 30.3 Å². The zero-order chi connectivity index (χ0) is 17.2. The van der Waals surface area contributed by atoms with Crippen LogP contribution in [-0.4, -0.2) is 38.3 Å². The largest absolute Gasteiger partial charge is 0.469 e. The summed E-state index contributed by atoms with van der Waals surface area (Å²) in [6.07, 6.45) is 6.03. The maximum absolute atomic E-state index is 5.66. The molecule has 2 aromatic rings. The van der Waals surface area contributed by atoms with Gasteiger partial charge in [-0.15, -0.1) is 24.0 Å². The molecule has 0 saturated carbocycles. The zero-order valence-corrected chi connectivity index (χ0v) is 17.4. The summed E-state index contributed by atoms with van der Waals surface area (Å²) < 4.78 is 11.0. The van der Waals surface area contributed by atoms with E-state index in [0.717, 1.165) is 57.1 Å². The summed E-state index contributed by atoms with van der Waals surface area (Å²) in [6, 6.07) is 14.4. The number of aliphatic imine (C=N–C) groups is 1. The quantitative estimate of drug-likeness (QED) is 0.354. The molecule has 26 heavy (non-hydrogen) atoms. The van der Waals surface area contributed by atoms with Crippen LogP contribution in [0.15, 0.2) is 58.1 Å². The predicted octanol–water partition coefficient (Wildman–Crippen LogP) is 3.40. The zero-order valence-electron chi connectivity index (χ0n) is 15.0. The molecule has 1 aliphatic heterocycles. The van der Waals surface area contributed by atoms with E-state index in [1.807, 2.05) is 18.2 Å². The Labute approximate surface area is 172 Å². The van der Waals surface area contributed by atoms with Gasteiger partial charge < -0.3 is 19.8 Å². The lowest BCUT2D eigenvalue weighted by molar-refractivity contribution is 0.117. The molecule has 2 heterocycles. The molecule has 0 bridgehead atoms. The van der Waals surface area contributed by atoms with Gasteiger partial charge in [-0.2, -0.15) is 0 Å². The summed E-state index contributed by atoms with van der Waals surface area (Å²) in [5.74, 6) is 1.83. The lowest BCUT2D eigenvalue weighted by Crippen LogP contribution is -2.40. The number of nitrogens with one attached hydrogen (secondary N) is 2. The number of rotatable bonds is 8. The van der Waals surface area contributed by atoms with Gasteiger partial charge in [0, 0.05) is 26.1 Å². The van der Waals surface area contributed by atoms with Crippen LogP contribution in [0.1, 0.15) is 24.2 Å². The van der Waals surface area contributed by atoms with Gasteiger partial charge in [-0.3, -0.25) is 4.99 Å². The molecule has 1 saturated heterocycles. The van der Waals surface area contributed by atoms with Crippen LogP contribution in [-0.2, 0) is 17.6 Å². The molecule has 0 radical (unpaired) electrons. The van der Waals surface area contributed by atoms with Gasteiger partial charge in [0.25, 0.3) is 0 Å². The number of nitrogens with zero attached hydrogens (tertiary/aromatic N) is 1. The van der Waals surface area contributed by atoms with Crippen molar-refractivity contribution in [1.29, 1.82) is 0 Å². The second-order valence-corrected chi connectivity index (χ2v) is 6.24. The van der Waals surface area contributed by atoms with Crippen LogP contribution in [0.2, 0.25) is 0 Å². The van der Waals surface area contributed by atoms with E-state index in [-0.39, 0.29) is 30.1 Å². The molecule has 5 nitrogen and oxygen atoms in total. The Morgan fingerprint density at radius 3 is 2.54 bits per heavy atom. The Balaban J connectivity index is 0.00000243. The molecular formula is C20H28IN3O2. The maximum atomic E-state index is 5.66. The molecule has 0 aliphatic carbocycles. The van der Waals surface area contributed by atoms with E-state index in [2.05, 4.69) is 34.9 Å². The molecule has 1 atom stereocenters. The van der Waals surface area contributed by atoms with Crippen LogP contribution in [0, 0.1) is 0 Å². The Kier molecular flexibility index (Phi) is 9.55. The Hall–Kier alpha value is -1.54. The van der Waals surface area contributed by atoms with Gasteiger partial charge in [-0.05, 0) is 37.0 Å². The highest BCUT2D eigenvalue weighted by Gasteiger charge is 2.14. The van der Waals surface area contributed by atoms with Crippen LogP contribution in [0.4, 0.5) is 0 Å². The van der Waals surface area contributed by atoms with Crippen LogP contribution in [0.25, 0.3) is 0 Å². The molecular weight excluding hydrogens is 441 g/mol. The lowest BCUT2D eigenvalue weighted by atomic mass is 10.1. The van der Waals surface area contributed by atoms with E-state index in [9.17, 15) is 0 Å². The third-order valence-electron chi connectivity index (χ3n) is 4.27. The van der Waals surface area contributed by atoms with Gasteiger partial charge >= 0.3 is 0 Å². The molecule has 1 aliphatic rings. The summed E-state index contributed by atoms with van der Waals surface area (Å²) in [5, 5.41) is 6.82.